The highest BCUT2D eigenvalue weighted by molar-refractivity contribution is 5.83. The molecule has 0 aliphatic rings. The molecule has 6 heteroatoms. The van der Waals surface area contributed by atoms with Crippen LogP contribution in [0.1, 0.15) is 11.1 Å². The van der Waals surface area contributed by atoms with E-state index < -0.39 is 18.0 Å². The second kappa shape index (κ2) is 10.2. The zero-order valence-corrected chi connectivity index (χ0v) is 14.8. The van der Waals surface area contributed by atoms with Crippen molar-refractivity contribution in [3.05, 3.63) is 71.8 Å². The smallest absolute Gasteiger partial charge is 0.329 e. The van der Waals surface area contributed by atoms with Gasteiger partial charge in [0.05, 0.1) is 6.61 Å². The van der Waals surface area contributed by atoms with Crippen molar-refractivity contribution in [2.75, 3.05) is 20.2 Å². The van der Waals surface area contributed by atoms with Crippen molar-refractivity contribution < 1.29 is 19.4 Å². The molecule has 2 amide bonds. The van der Waals surface area contributed by atoms with Gasteiger partial charge in [0.1, 0.15) is 12.6 Å². The Labute approximate surface area is 153 Å². The zero-order chi connectivity index (χ0) is 18.8. The lowest BCUT2D eigenvalue weighted by Gasteiger charge is -2.22. The zero-order valence-electron chi connectivity index (χ0n) is 14.8. The largest absolute Gasteiger partial charge is 0.459 e. The van der Waals surface area contributed by atoms with Gasteiger partial charge in [-0.05, 0) is 11.1 Å². The molecule has 0 saturated heterocycles. The van der Waals surface area contributed by atoms with Gasteiger partial charge in [-0.25, -0.2) is 9.59 Å². The first-order chi connectivity index (χ1) is 12.6. The molecular formula is C20H24N2O4. The molecule has 0 saturated carbocycles. The molecule has 138 valence electrons. The normalized spacial score (nSPS) is 11.5. The maximum absolute atomic E-state index is 12.5. The van der Waals surface area contributed by atoms with E-state index in [0.29, 0.717) is 6.42 Å². The molecule has 26 heavy (non-hydrogen) atoms. The van der Waals surface area contributed by atoms with Gasteiger partial charge >= 0.3 is 12.0 Å². The van der Waals surface area contributed by atoms with E-state index in [2.05, 4.69) is 5.32 Å². The number of carbonyl (C=O) groups is 2. The van der Waals surface area contributed by atoms with E-state index in [4.69, 9.17) is 9.84 Å². The Hall–Kier alpha value is -2.86. The van der Waals surface area contributed by atoms with Crippen molar-refractivity contribution in [2.45, 2.75) is 19.1 Å². The summed E-state index contributed by atoms with van der Waals surface area (Å²) in [5.74, 6) is -0.497. The lowest BCUT2D eigenvalue weighted by Crippen LogP contribution is -2.48. The van der Waals surface area contributed by atoms with Crippen LogP contribution < -0.4 is 5.32 Å². The first-order valence-corrected chi connectivity index (χ1v) is 8.47. The van der Waals surface area contributed by atoms with Crippen LogP contribution in [0.2, 0.25) is 0 Å². The molecule has 0 aliphatic heterocycles. The molecule has 0 aliphatic carbocycles. The molecule has 2 rings (SSSR count). The van der Waals surface area contributed by atoms with Crippen LogP contribution in [0.4, 0.5) is 4.79 Å². The van der Waals surface area contributed by atoms with E-state index in [-0.39, 0.29) is 19.8 Å². The summed E-state index contributed by atoms with van der Waals surface area (Å²) in [5, 5.41) is 11.6. The maximum Gasteiger partial charge on any atom is 0.329 e. The fraction of sp³-hybridized carbons (Fsp3) is 0.300. The Morgan fingerprint density at radius 3 is 2.19 bits per heavy atom. The number of rotatable bonds is 8. The summed E-state index contributed by atoms with van der Waals surface area (Å²) in [6.07, 6.45) is 0.327. The molecule has 0 spiro atoms. The van der Waals surface area contributed by atoms with Crippen LogP contribution in [0.5, 0.6) is 0 Å². The van der Waals surface area contributed by atoms with E-state index in [0.717, 1.165) is 11.1 Å². The number of nitrogens with zero attached hydrogens (tertiary/aromatic N) is 1. The fourth-order valence-electron chi connectivity index (χ4n) is 2.38. The van der Waals surface area contributed by atoms with Gasteiger partial charge < -0.3 is 20.1 Å². The van der Waals surface area contributed by atoms with Gasteiger partial charge in [0, 0.05) is 20.0 Å². The van der Waals surface area contributed by atoms with Crippen LogP contribution in [0.3, 0.4) is 0 Å². The number of carbonyl (C=O) groups excluding carboxylic acids is 2. The van der Waals surface area contributed by atoms with Gasteiger partial charge in [-0.15, -0.1) is 0 Å². The summed E-state index contributed by atoms with van der Waals surface area (Å²) < 4.78 is 5.38. The van der Waals surface area contributed by atoms with Crippen molar-refractivity contribution in [1.29, 1.82) is 0 Å². The Balaban J connectivity index is 2.03. The maximum atomic E-state index is 12.5. The quantitative estimate of drug-likeness (QED) is 0.709. The van der Waals surface area contributed by atoms with E-state index in [1.807, 2.05) is 60.7 Å². The highest BCUT2D eigenvalue weighted by atomic mass is 16.5. The van der Waals surface area contributed by atoms with Gasteiger partial charge in [-0.1, -0.05) is 60.7 Å². The van der Waals surface area contributed by atoms with E-state index in [1.54, 1.807) is 7.05 Å². The molecule has 0 unspecified atom stereocenters. The summed E-state index contributed by atoms with van der Waals surface area (Å²) >= 11 is 0. The number of hydrogen-bond donors (Lipinski definition) is 2. The van der Waals surface area contributed by atoms with Crippen molar-refractivity contribution in [3.8, 4) is 0 Å². The second-order valence-electron chi connectivity index (χ2n) is 5.93. The molecule has 2 N–H and O–H groups in total. The van der Waals surface area contributed by atoms with E-state index in [9.17, 15) is 9.59 Å². The predicted molar refractivity (Wildman–Crippen MR) is 98.4 cm³/mol. The third-order valence-corrected chi connectivity index (χ3v) is 3.87. The van der Waals surface area contributed by atoms with Crippen LogP contribution in [0.15, 0.2) is 60.7 Å². The SMILES string of the molecule is CN(CCO)C(=O)N[C@@H](Cc1ccccc1)C(=O)OCc1ccccc1. The van der Waals surface area contributed by atoms with Crippen LogP contribution in [0.25, 0.3) is 0 Å². The lowest BCUT2D eigenvalue weighted by molar-refractivity contribution is -0.147. The molecule has 0 aromatic heterocycles. The predicted octanol–water partition coefficient (Wildman–Crippen LogP) is 1.97. The summed E-state index contributed by atoms with van der Waals surface area (Å²) in [5.41, 5.74) is 1.79. The second-order valence-corrected chi connectivity index (χ2v) is 5.93. The van der Waals surface area contributed by atoms with Crippen molar-refractivity contribution in [2.24, 2.45) is 0 Å². The lowest BCUT2D eigenvalue weighted by atomic mass is 10.1. The fourth-order valence-corrected chi connectivity index (χ4v) is 2.38. The van der Waals surface area contributed by atoms with Gasteiger partial charge in [0.15, 0.2) is 0 Å². The third-order valence-electron chi connectivity index (χ3n) is 3.87. The minimum absolute atomic E-state index is 0.146. The van der Waals surface area contributed by atoms with Crippen molar-refractivity contribution in [1.82, 2.24) is 10.2 Å². The summed E-state index contributed by atoms with van der Waals surface area (Å²) in [4.78, 5) is 26.1. The number of urea groups is 1. The number of amides is 2. The molecule has 0 bridgehead atoms. The topological polar surface area (TPSA) is 78.9 Å². The summed E-state index contributed by atoms with van der Waals surface area (Å²) in [6, 6.07) is 17.5. The Bertz CT molecular complexity index is 691. The first-order valence-electron chi connectivity index (χ1n) is 8.47. The molecule has 6 nitrogen and oxygen atoms in total. The van der Waals surface area contributed by atoms with Crippen LogP contribution in [-0.2, 0) is 22.6 Å². The highest BCUT2D eigenvalue weighted by Gasteiger charge is 2.24. The van der Waals surface area contributed by atoms with Gasteiger partial charge in [-0.3, -0.25) is 0 Å². The van der Waals surface area contributed by atoms with Gasteiger partial charge in [0.25, 0.3) is 0 Å². The van der Waals surface area contributed by atoms with Gasteiger partial charge in [0.2, 0.25) is 0 Å². The van der Waals surface area contributed by atoms with Crippen LogP contribution in [0, 0.1) is 0 Å². The molecule has 1 atom stereocenters. The summed E-state index contributed by atoms with van der Waals surface area (Å²) in [6.45, 7) is 0.183. The summed E-state index contributed by atoms with van der Waals surface area (Å²) in [7, 11) is 1.56. The number of ether oxygens (including phenoxy) is 1. The molecule has 2 aromatic carbocycles. The molecule has 2 aromatic rings. The number of hydrogen-bond acceptors (Lipinski definition) is 4. The van der Waals surface area contributed by atoms with Gasteiger partial charge in [-0.2, -0.15) is 0 Å². The standard InChI is InChI=1S/C20H24N2O4/c1-22(12-13-23)20(25)21-18(14-16-8-4-2-5-9-16)19(24)26-15-17-10-6-3-7-11-17/h2-11,18,23H,12-15H2,1H3,(H,21,25)/t18-/m0/s1. The van der Waals surface area contributed by atoms with E-state index >= 15 is 0 Å². The van der Waals surface area contributed by atoms with Crippen LogP contribution in [-0.4, -0.2) is 48.2 Å². The molecule has 0 heterocycles. The minimum atomic E-state index is -0.810. The number of aliphatic hydroxyl groups excluding tert-OH is 1. The van der Waals surface area contributed by atoms with Crippen molar-refractivity contribution >= 4 is 12.0 Å². The Morgan fingerprint density at radius 2 is 1.62 bits per heavy atom. The monoisotopic (exact) mass is 356 g/mol. The number of likely N-dealkylation sites (N-methyl/N-ethyl adjacent to an activating group) is 1. The number of esters is 1. The van der Waals surface area contributed by atoms with Crippen molar-refractivity contribution in [3.63, 3.8) is 0 Å². The highest BCUT2D eigenvalue weighted by Crippen LogP contribution is 2.08. The first kappa shape index (κ1) is 19.5. The average molecular weight is 356 g/mol. The average Bonchev–Trinajstić information content (AvgIpc) is 2.67. The number of benzene rings is 2. The minimum Gasteiger partial charge on any atom is -0.459 e. The van der Waals surface area contributed by atoms with Crippen LogP contribution >= 0.6 is 0 Å². The molecule has 0 fully saturated rings. The molecular weight excluding hydrogens is 332 g/mol. The van der Waals surface area contributed by atoms with E-state index in [1.165, 1.54) is 4.90 Å². The number of aliphatic hydroxyl groups is 1. The number of nitrogens with one attached hydrogen (secondary N) is 1. The third kappa shape index (κ3) is 6.22. The Morgan fingerprint density at radius 1 is 1.04 bits per heavy atom. The Kier molecular flexibility index (Phi) is 7.64. The molecule has 0 radical (unpaired) electrons.